The molecule has 2 aliphatic rings. The van der Waals surface area contributed by atoms with Gasteiger partial charge in [0.25, 0.3) is 0 Å². The Morgan fingerprint density at radius 3 is 2.52 bits per heavy atom. The van der Waals surface area contributed by atoms with Crippen molar-refractivity contribution in [2.24, 2.45) is 17.8 Å². The van der Waals surface area contributed by atoms with Gasteiger partial charge in [0.1, 0.15) is 11.6 Å². The highest BCUT2D eigenvalue weighted by Crippen LogP contribution is 2.49. The molecule has 0 N–H and O–H groups in total. The third-order valence-electron chi connectivity index (χ3n) is 8.33. The van der Waals surface area contributed by atoms with Crippen LogP contribution in [0.4, 0.5) is 8.78 Å². The van der Waals surface area contributed by atoms with Gasteiger partial charge in [-0.15, -0.1) is 0 Å². The van der Waals surface area contributed by atoms with Crippen LogP contribution >= 0.6 is 0 Å². The molecule has 2 fully saturated rings. The van der Waals surface area contributed by atoms with Crippen molar-refractivity contribution in [1.82, 2.24) is 0 Å². The standard InChI is InChI=1S/C29H38F2O2/c1-3-4-5-6-7-8-19-9-10-21-16-22(12-11-20(21)15-19)25-14-13-23-17-24(29(32)33-2)18-26(30)27(23)28(25)31/h13-14,17-22H,3-12,15-16H2,1-2H3. The minimum absolute atomic E-state index is 0.00550. The van der Waals surface area contributed by atoms with Gasteiger partial charge in [-0.25, -0.2) is 13.6 Å². The van der Waals surface area contributed by atoms with E-state index >= 15 is 4.39 Å². The molecule has 0 heterocycles. The molecule has 0 amide bonds. The second kappa shape index (κ2) is 11.0. The smallest absolute Gasteiger partial charge is 0.337 e. The summed E-state index contributed by atoms with van der Waals surface area (Å²) in [6, 6.07) is 6.16. The number of rotatable bonds is 8. The first-order valence-corrected chi connectivity index (χ1v) is 13.0. The maximum Gasteiger partial charge on any atom is 0.337 e. The van der Waals surface area contributed by atoms with Gasteiger partial charge < -0.3 is 4.74 Å². The Morgan fingerprint density at radius 1 is 0.970 bits per heavy atom. The number of hydrogen-bond acceptors (Lipinski definition) is 2. The predicted molar refractivity (Wildman–Crippen MR) is 129 cm³/mol. The molecule has 4 rings (SSSR count). The van der Waals surface area contributed by atoms with Crippen molar-refractivity contribution in [2.45, 2.75) is 89.9 Å². The largest absolute Gasteiger partial charge is 0.465 e. The van der Waals surface area contributed by atoms with Crippen molar-refractivity contribution in [3.63, 3.8) is 0 Å². The van der Waals surface area contributed by atoms with Gasteiger partial charge in [-0.05, 0) is 78.9 Å². The molecule has 2 aromatic carbocycles. The molecule has 4 heteroatoms. The van der Waals surface area contributed by atoms with E-state index in [4.69, 9.17) is 0 Å². The van der Waals surface area contributed by atoms with Gasteiger partial charge in [0.05, 0.1) is 18.1 Å². The average Bonchev–Trinajstić information content (AvgIpc) is 2.83. The maximum absolute atomic E-state index is 15.5. The Bertz CT molecular complexity index is 970. The van der Waals surface area contributed by atoms with Crippen molar-refractivity contribution < 1.29 is 18.3 Å². The Hall–Kier alpha value is -1.97. The van der Waals surface area contributed by atoms with Crippen LogP contribution in [0.5, 0.6) is 0 Å². The van der Waals surface area contributed by atoms with Crippen LogP contribution in [-0.2, 0) is 4.74 Å². The maximum atomic E-state index is 15.5. The van der Waals surface area contributed by atoms with E-state index in [-0.39, 0.29) is 16.9 Å². The van der Waals surface area contributed by atoms with E-state index in [2.05, 4.69) is 11.7 Å². The summed E-state index contributed by atoms with van der Waals surface area (Å²) in [5.74, 6) is 0.710. The summed E-state index contributed by atoms with van der Waals surface area (Å²) in [7, 11) is 1.26. The summed E-state index contributed by atoms with van der Waals surface area (Å²) >= 11 is 0. The number of benzene rings is 2. The zero-order chi connectivity index (χ0) is 23.4. The summed E-state index contributed by atoms with van der Waals surface area (Å²) in [4.78, 5) is 11.8. The first-order chi connectivity index (χ1) is 16.0. The molecule has 2 aliphatic carbocycles. The zero-order valence-corrected chi connectivity index (χ0v) is 20.2. The van der Waals surface area contributed by atoms with Crippen molar-refractivity contribution in [3.8, 4) is 0 Å². The second-order valence-corrected chi connectivity index (χ2v) is 10.4. The molecule has 0 saturated heterocycles. The van der Waals surface area contributed by atoms with Gasteiger partial charge in [0.15, 0.2) is 0 Å². The summed E-state index contributed by atoms with van der Waals surface area (Å²) in [5.41, 5.74) is 0.751. The molecule has 0 aromatic heterocycles. The molecule has 4 unspecified atom stereocenters. The van der Waals surface area contributed by atoms with E-state index in [1.165, 1.54) is 71.0 Å². The number of esters is 1. The fourth-order valence-corrected chi connectivity index (χ4v) is 6.51. The topological polar surface area (TPSA) is 26.3 Å². The SMILES string of the molecule is CCCCCCCC1CCC2CC(c3ccc4cc(C(=O)OC)cc(F)c4c3F)CCC2C1. The third-order valence-corrected chi connectivity index (χ3v) is 8.33. The van der Waals surface area contributed by atoms with Crippen molar-refractivity contribution in [1.29, 1.82) is 0 Å². The van der Waals surface area contributed by atoms with Crippen LogP contribution in [0.25, 0.3) is 10.8 Å². The highest BCUT2D eigenvalue weighted by Gasteiger charge is 2.36. The fourth-order valence-electron chi connectivity index (χ4n) is 6.51. The van der Waals surface area contributed by atoms with Crippen molar-refractivity contribution in [2.75, 3.05) is 7.11 Å². The number of methoxy groups -OCH3 is 1. The minimum atomic E-state index is -0.694. The lowest BCUT2D eigenvalue weighted by Gasteiger charge is -2.42. The molecule has 0 spiro atoms. The molecule has 2 saturated carbocycles. The number of hydrogen-bond donors (Lipinski definition) is 0. The van der Waals surface area contributed by atoms with Gasteiger partial charge in [-0.1, -0.05) is 64.0 Å². The normalized spacial score (nSPS) is 25.1. The highest BCUT2D eigenvalue weighted by atomic mass is 19.1. The molecule has 4 atom stereocenters. The third kappa shape index (κ3) is 5.41. The number of ether oxygens (including phenoxy) is 1. The predicted octanol–water partition coefficient (Wildman–Crippen LogP) is 8.57. The van der Waals surface area contributed by atoms with Crippen LogP contribution in [0, 0.1) is 29.4 Å². The molecule has 0 aliphatic heterocycles. The van der Waals surface area contributed by atoms with Crippen molar-refractivity contribution in [3.05, 3.63) is 47.0 Å². The first kappa shape index (κ1) is 24.2. The number of unbranched alkanes of at least 4 members (excludes halogenated alkanes) is 4. The lowest BCUT2D eigenvalue weighted by molar-refractivity contribution is 0.0600. The Labute approximate surface area is 197 Å². The lowest BCUT2D eigenvalue weighted by atomic mass is 9.63. The molecular formula is C29H38F2O2. The number of fused-ring (bicyclic) bond motifs is 2. The Morgan fingerprint density at radius 2 is 1.73 bits per heavy atom. The van der Waals surface area contributed by atoms with E-state index in [0.29, 0.717) is 16.9 Å². The fraction of sp³-hybridized carbons (Fsp3) is 0.621. The van der Waals surface area contributed by atoms with Crippen LogP contribution in [0.2, 0.25) is 0 Å². The molecule has 2 nitrogen and oxygen atoms in total. The van der Waals surface area contributed by atoms with E-state index in [0.717, 1.165) is 37.2 Å². The first-order valence-electron chi connectivity index (χ1n) is 13.0. The number of halogens is 2. The number of carbonyl (C=O) groups excluding carboxylic acids is 1. The molecule has 33 heavy (non-hydrogen) atoms. The average molecular weight is 457 g/mol. The molecule has 0 radical (unpaired) electrons. The van der Waals surface area contributed by atoms with Crippen LogP contribution in [0.1, 0.15) is 106 Å². The molecular weight excluding hydrogens is 418 g/mol. The molecule has 180 valence electrons. The zero-order valence-electron chi connectivity index (χ0n) is 20.2. The monoisotopic (exact) mass is 456 g/mol. The summed E-state index contributed by atoms with van der Waals surface area (Å²) in [6.07, 6.45) is 15.2. The quantitative estimate of drug-likeness (QED) is 0.294. The van der Waals surface area contributed by atoms with Gasteiger partial charge in [-0.2, -0.15) is 0 Å². The summed E-state index contributed by atoms with van der Waals surface area (Å²) < 4.78 is 35.0. The van der Waals surface area contributed by atoms with Crippen LogP contribution in [0.15, 0.2) is 24.3 Å². The van der Waals surface area contributed by atoms with E-state index < -0.39 is 17.6 Å². The van der Waals surface area contributed by atoms with E-state index in [9.17, 15) is 9.18 Å². The van der Waals surface area contributed by atoms with E-state index in [1.807, 2.05) is 6.07 Å². The van der Waals surface area contributed by atoms with Crippen LogP contribution in [-0.4, -0.2) is 13.1 Å². The summed E-state index contributed by atoms with van der Waals surface area (Å²) in [5, 5.41) is 0.402. The van der Waals surface area contributed by atoms with Gasteiger partial charge in [-0.3, -0.25) is 0 Å². The lowest BCUT2D eigenvalue weighted by Crippen LogP contribution is -2.30. The summed E-state index contributed by atoms with van der Waals surface area (Å²) in [6.45, 7) is 2.26. The van der Waals surface area contributed by atoms with Gasteiger partial charge >= 0.3 is 5.97 Å². The second-order valence-electron chi connectivity index (χ2n) is 10.4. The van der Waals surface area contributed by atoms with Gasteiger partial charge in [0, 0.05) is 0 Å². The van der Waals surface area contributed by atoms with Crippen LogP contribution in [0.3, 0.4) is 0 Å². The number of carbonyl (C=O) groups is 1. The minimum Gasteiger partial charge on any atom is -0.465 e. The van der Waals surface area contributed by atoms with Gasteiger partial charge in [0.2, 0.25) is 0 Å². The Balaban J connectivity index is 1.41. The molecule has 2 aromatic rings. The molecule has 0 bridgehead atoms. The Kier molecular flexibility index (Phi) is 8.03. The highest BCUT2D eigenvalue weighted by molar-refractivity contribution is 5.96. The van der Waals surface area contributed by atoms with Crippen molar-refractivity contribution >= 4 is 16.7 Å². The van der Waals surface area contributed by atoms with Crippen LogP contribution < -0.4 is 0 Å². The van der Waals surface area contributed by atoms with E-state index in [1.54, 1.807) is 6.07 Å².